The van der Waals surface area contributed by atoms with Crippen LogP contribution in [0.5, 0.6) is 5.88 Å². The van der Waals surface area contributed by atoms with E-state index in [1.54, 1.807) is 0 Å². The Balaban J connectivity index is 2.21. The molecule has 20 heavy (non-hydrogen) atoms. The summed E-state index contributed by atoms with van der Waals surface area (Å²) in [5, 5.41) is 15.3. The zero-order valence-corrected chi connectivity index (χ0v) is 11.8. The van der Waals surface area contributed by atoms with E-state index in [0.717, 1.165) is 10.9 Å². The topological polar surface area (TPSA) is 25.2 Å². The van der Waals surface area contributed by atoms with Crippen molar-refractivity contribution in [1.29, 1.82) is 0 Å². The van der Waals surface area contributed by atoms with E-state index >= 15 is 0 Å². The molecule has 0 amide bonds. The average Bonchev–Trinajstić information content (AvgIpc) is 2.76. The highest BCUT2D eigenvalue weighted by Crippen LogP contribution is 2.34. The van der Waals surface area contributed by atoms with Crippen molar-refractivity contribution < 1.29 is 5.11 Å². The molecular formula is C18H19NO. The zero-order valence-electron chi connectivity index (χ0n) is 11.8. The van der Waals surface area contributed by atoms with Gasteiger partial charge in [-0.3, -0.25) is 0 Å². The first-order chi connectivity index (χ1) is 9.77. The van der Waals surface area contributed by atoms with Crippen molar-refractivity contribution in [3.63, 3.8) is 0 Å². The lowest BCUT2D eigenvalue weighted by Crippen LogP contribution is -2.09. The third kappa shape index (κ3) is 1.51. The first-order valence-corrected chi connectivity index (χ1v) is 7.48. The molecular weight excluding hydrogens is 246 g/mol. The van der Waals surface area contributed by atoms with E-state index in [2.05, 4.69) is 30.3 Å². The highest BCUT2D eigenvalue weighted by molar-refractivity contribution is 6.12. The van der Waals surface area contributed by atoms with Crippen molar-refractivity contribution in [2.24, 2.45) is 7.05 Å². The summed E-state index contributed by atoms with van der Waals surface area (Å²) in [4.78, 5) is 0. The van der Waals surface area contributed by atoms with Gasteiger partial charge in [0, 0.05) is 12.4 Å². The maximum Gasteiger partial charge on any atom is 0.199 e. The normalized spacial score (nSPS) is 16.4. The van der Waals surface area contributed by atoms with Gasteiger partial charge in [-0.05, 0) is 42.4 Å². The van der Waals surface area contributed by atoms with Gasteiger partial charge in [0.25, 0.3) is 0 Å². The monoisotopic (exact) mass is 265 g/mol. The van der Waals surface area contributed by atoms with E-state index in [4.69, 9.17) is 0 Å². The molecule has 1 N–H and O–H groups in total. The fourth-order valence-corrected chi connectivity index (χ4v) is 3.70. The lowest BCUT2D eigenvalue weighted by molar-refractivity contribution is 0.440. The van der Waals surface area contributed by atoms with Crippen molar-refractivity contribution in [3.05, 3.63) is 35.6 Å². The summed E-state index contributed by atoms with van der Waals surface area (Å²) in [6.45, 7) is 0. The molecule has 1 aliphatic carbocycles. The summed E-state index contributed by atoms with van der Waals surface area (Å²) < 4.78 is 1.91. The quantitative estimate of drug-likeness (QED) is 0.656. The van der Waals surface area contributed by atoms with Crippen LogP contribution in [0.4, 0.5) is 0 Å². The van der Waals surface area contributed by atoms with Crippen LogP contribution in [0, 0.1) is 0 Å². The smallest absolute Gasteiger partial charge is 0.199 e. The summed E-state index contributed by atoms with van der Waals surface area (Å²) in [7, 11) is 1.94. The van der Waals surface area contributed by atoms with Gasteiger partial charge in [-0.15, -0.1) is 0 Å². The molecule has 3 aromatic rings. The minimum Gasteiger partial charge on any atom is -0.494 e. The number of rotatable bonds is 0. The lowest BCUT2D eigenvalue weighted by atomic mass is 9.91. The molecule has 1 fully saturated rings. The number of hydrogen-bond donors (Lipinski definition) is 1. The van der Waals surface area contributed by atoms with Gasteiger partial charge in [0.15, 0.2) is 5.88 Å². The summed E-state index contributed by atoms with van der Waals surface area (Å²) in [5.74, 6) is 0.407. The standard InChI is InChI=1S/C18H19NO/c1-19-15-9-5-8-13-10-11-14(12-6-3-2-4-7-12)17(16(13)15)18(19)20/h5,8-11,20H,2-4,6-7H2,1H3. The van der Waals surface area contributed by atoms with Gasteiger partial charge in [-0.1, -0.05) is 36.3 Å². The molecule has 2 aromatic carbocycles. The second-order valence-corrected chi connectivity index (χ2v) is 5.91. The van der Waals surface area contributed by atoms with Gasteiger partial charge in [-0.2, -0.15) is 0 Å². The van der Waals surface area contributed by atoms with Crippen LogP contribution in [0.2, 0.25) is 0 Å². The van der Waals surface area contributed by atoms with E-state index in [0.29, 0.717) is 5.88 Å². The molecule has 1 aliphatic rings. The van der Waals surface area contributed by atoms with Crippen molar-refractivity contribution in [1.82, 2.24) is 4.57 Å². The minimum absolute atomic E-state index is 0.407. The fraction of sp³-hybridized carbons (Fsp3) is 0.333. The Kier molecular flexibility index (Phi) is 2.53. The molecule has 2 heteroatoms. The van der Waals surface area contributed by atoms with Gasteiger partial charge in [0.2, 0.25) is 0 Å². The van der Waals surface area contributed by atoms with E-state index in [-0.39, 0.29) is 0 Å². The number of nitrogens with zero attached hydrogens (tertiary/aromatic N) is 1. The van der Waals surface area contributed by atoms with Crippen LogP contribution in [0.1, 0.15) is 32.1 Å². The number of hydrogen-bond acceptors (Lipinski definition) is 1. The number of benzene rings is 2. The Hall–Kier alpha value is -1.96. The molecule has 102 valence electrons. The molecule has 1 aromatic heterocycles. The van der Waals surface area contributed by atoms with Crippen LogP contribution in [0.15, 0.2) is 30.3 Å². The van der Waals surface area contributed by atoms with Crippen molar-refractivity contribution in [2.75, 3.05) is 0 Å². The minimum atomic E-state index is 0.407. The Morgan fingerprint density at radius 3 is 2.55 bits per heavy atom. The van der Waals surface area contributed by atoms with Gasteiger partial charge < -0.3 is 9.67 Å². The van der Waals surface area contributed by atoms with Crippen molar-refractivity contribution in [2.45, 2.75) is 32.1 Å². The number of aromatic hydroxyl groups is 1. The molecule has 2 nitrogen and oxygen atoms in total. The predicted molar refractivity (Wildman–Crippen MR) is 83.8 cm³/mol. The molecule has 1 saturated carbocycles. The second kappa shape index (κ2) is 4.27. The number of aromatic nitrogens is 1. The summed E-state index contributed by atoms with van der Waals surface area (Å²) in [6, 6.07) is 10.7. The maximum absolute atomic E-state index is 10.6. The summed E-state index contributed by atoms with van der Waals surface area (Å²) >= 11 is 0. The van der Waals surface area contributed by atoms with Gasteiger partial charge in [-0.25, -0.2) is 0 Å². The Morgan fingerprint density at radius 1 is 0.950 bits per heavy atom. The molecule has 0 bridgehead atoms. The van der Waals surface area contributed by atoms with Crippen LogP contribution < -0.4 is 5.22 Å². The molecule has 4 rings (SSSR count). The molecule has 0 aliphatic heterocycles. The second-order valence-electron chi connectivity index (χ2n) is 5.91. The Morgan fingerprint density at radius 2 is 1.75 bits per heavy atom. The first-order valence-electron chi connectivity index (χ1n) is 7.48. The van der Waals surface area contributed by atoms with E-state index < -0.39 is 0 Å². The third-order valence-corrected chi connectivity index (χ3v) is 4.76. The van der Waals surface area contributed by atoms with Crippen molar-refractivity contribution >= 4 is 27.2 Å². The van der Waals surface area contributed by atoms with Gasteiger partial charge in [0.1, 0.15) is 0 Å². The number of aryl methyl sites for hydroxylation is 1. The maximum atomic E-state index is 10.6. The Bertz CT molecular complexity index is 849. The average molecular weight is 265 g/mol. The molecule has 0 saturated heterocycles. The van der Waals surface area contributed by atoms with E-state index in [1.807, 2.05) is 11.6 Å². The predicted octanol–water partition coefficient (Wildman–Crippen LogP) is 3.87. The zero-order chi connectivity index (χ0) is 13.7. The SMILES string of the molecule is Cn1c(O)c2c(=C3CCCCC3)ccc3cccc1c32. The molecule has 0 spiro atoms. The fourth-order valence-electron chi connectivity index (χ4n) is 3.70. The van der Waals surface area contributed by atoms with Crippen LogP contribution in [-0.2, 0) is 7.05 Å². The van der Waals surface area contributed by atoms with Crippen LogP contribution >= 0.6 is 0 Å². The summed E-state index contributed by atoms with van der Waals surface area (Å²) in [5.41, 5.74) is 2.64. The van der Waals surface area contributed by atoms with E-state index in [1.165, 1.54) is 53.7 Å². The van der Waals surface area contributed by atoms with Gasteiger partial charge >= 0.3 is 0 Å². The first kappa shape index (κ1) is 11.8. The molecule has 1 heterocycles. The summed E-state index contributed by atoms with van der Waals surface area (Å²) in [6.07, 6.45) is 6.26. The molecule has 0 unspecified atom stereocenters. The van der Waals surface area contributed by atoms with E-state index in [9.17, 15) is 5.11 Å². The lowest BCUT2D eigenvalue weighted by Gasteiger charge is -2.14. The largest absolute Gasteiger partial charge is 0.494 e. The van der Waals surface area contributed by atoms with Crippen LogP contribution in [-0.4, -0.2) is 9.67 Å². The molecule has 0 radical (unpaired) electrons. The Labute approximate surface area is 118 Å². The van der Waals surface area contributed by atoms with Crippen LogP contribution in [0.25, 0.3) is 27.2 Å². The van der Waals surface area contributed by atoms with Crippen molar-refractivity contribution in [3.8, 4) is 5.88 Å². The van der Waals surface area contributed by atoms with Gasteiger partial charge in [0.05, 0.1) is 10.9 Å². The molecule has 0 atom stereocenters. The highest BCUT2D eigenvalue weighted by atomic mass is 16.3. The van der Waals surface area contributed by atoms with Crippen LogP contribution in [0.3, 0.4) is 0 Å². The third-order valence-electron chi connectivity index (χ3n) is 4.76. The highest BCUT2D eigenvalue weighted by Gasteiger charge is 2.16.